The van der Waals surface area contributed by atoms with Gasteiger partial charge in [-0.3, -0.25) is 4.90 Å². The van der Waals surface area contributed by atoms with Crippen molar-refractivity contribution in [3.63, 3.8) is 0 Å². The number of aromatic nitrogens is 2. The lowest BCUT2D eigenvalue weighted by atomic mass is 10.0. The molecule has 0 aliphatic carbocycles. The Bertz CT molecular complexity index is 862. The van der Waals surface area contributed by atoms with E-state index in [4.69, 9.17) is 0 Å². The van der Waals surface area contributed by atoms with Crippen molar-refractivity contribution in [1.82, 2.24) is 19.8 Å². The van der Waals surface area contributed by atoms with Crippen molar-refractivity contribution in [1.29, 1.82) is 0 Å². The number of pyridine rings is 1. The summed E-state index contributed by atoms with van der Waals surface area (Å²) in [5.41, 5.74) is 1.97. The van der Waals surface area contributed by atoms with Crippen LogP contribution in [0.1, 0.15) is 24.1 Å². The van der Waals surface area contributed by atoms with E-state index in [0.29, 0.717) is 12.6 Å². The summed E-state index contributed by atoms with van der Waals surface area (Å²) in [6.07, 6.45) is 6.14. The van der Waals surface area contributed by atoms with Gasteiger partial charge in [0.2, 0.25) is 0 Å². The number of likely N-dealkylation sites (tertiary alicyclic amines) is 1. The Balaban J connectivity index is 1.35. The second-order valence-corrected chi connectivity index (χ2v) is 7.10. The molecular weight excluding hydrogens is 339 g/mol. The number of nitrogens with one attached hydrogen (secondary N) is 1. The largest absolute Gasteiger partial charge is 0.307 e. The predicted molar refractivity (Wildman–Crippen MR) is 105 cm³/mol. The molecule has 1 aliphatic heterocycles. The quantitative estimate of drug-likeness (QED) is 0.723. The molecule has 3 aromatic rings. The molecule has 1 unspecified atom stereocenters. The van der Waals surface area contributed by atoms with Gasteiger partial charge in [0.25, 0.3) is 0 Å². The van der Waals surface area contributed by atoms with E-state index in [1.165, 1.54) is 5.69 Å². The molecule has 140 valence electrons. The number of nitrogens with zero attached hydrogens (tertiary/aromatic N) is 3. The van der Waals surface area contributed by atoms with Gasteiger partial charge in [0.05, 0.1) is 0 Å². The average molecular weight is 364 g/mol. The molecule has 27 heavy (non-hydrogen) atoms. The van der Waals surface area contributed by atoms with Crippen molar-refractivity contribution in [3.05, 3.63) is 84.1 Å². The smallest absolute Gasteiger partial charge is 0.136 e. The third kappa shape index (κ3) is 4.43. The normalized spacial score (nSPS) is 17.9. The Morgan fingerprint density at radius 3 is 2.81 bits per heavy atom. The van der Waals surface area contributed by atoms with Gasteiger partial charge in [-0.2, -0.15) is 0 Å². The molecule has 1 saturated heterocycles. The Labute approximate surface area is 159 Å². The third-order valence-corrected chi connectivity index (χ3v) is 5.16. The van der Waals surface area contributed by atoms with Crippen LogP contribution in [0.4, 0.5) is 4.39 Å². The first-order valence-corrected chi connectivity index (χ1v) is 9.56. The highest BCUT2D eigenvalue weighted by Crippen LogP contribution is 2.17. The van der Waals surface area contributed by atoms with Crippen molar-refractivity contribution in [3.8, 4) is 5.82 Å². The molecule has 0 spiro atoms. The lowest BCUT2D eigenvalue weighted by Gasteiger charge is -2.33. The molecule has 1 atom stereocenters. The molecule has 2 aromatic heterocycles. The summed E-state index contributed by atoms with van der Waals surface area (Å²) in [7, 11) is 0. The fourth-order valence-electron chi connectivity index (χ4n) is 3.76. The summed E-state index contributed by atoms with van der Waals surface area (Å²) in [6, 6.07) is 17.6. The van der Waals surface area contributed by atoms with Crippen molar-refractivity contribution in [2.24, 2.45) is 0 Å². The fraction of sp³-hybridized carbons (Fsp3) is 0.318. The van der Waals surface area contributed by atoms with Crippen LogP contribution in [0, 0.1) is 5.82 Å². The second-order valence-electron chi connectivity index (χ2n) is 7.10. The average Bonchev–Trinajstić information content (AvgIpc) is 3.18. The highest BCUT2D eigenvalue weighted by molar-refractivity contribution is 5.27. The van der Waals surface area contributed by atoms with Crippen LogP contribution in [0.5, 0.6) is 0 Å². The molecule has 5 heteroatoms. The summed E-state index contributed by atoms with van der Waals surface area (Å²) in [5.74, 6) is 0.824. The van der Waals surface area contributed by atoms with E-state index < -0.39 is 0 Å². The molecule has 0 bridgehead atoms. The Kier molecular flexibility index (Phi) is 5.61. The molecule has 1 aromatic carbocycles. The molecule has 1 aliphatic rings. The number of piperidine rings is 1. The van der Waals surface area contributed by atoms with E-state index in [9.17, 15) is 4.39 Å². The van der Waals surface area contributed by atoms with Gasteiger partial charge in [0.1, 0.15) is 11.6 Å². The van der Waals surface area contributed by atoms with Crippen LogP contribution in [0.15, 0.2) is 67.0 Å². The number of benzene rings is 1. The van der Waals surface area contributed by atoms with Crippen LogP contribution >= 0.6 is 0 Å². The topological polar surface area (TPSA) is 33.1 Å². The monoisotopic (exact) mass is 364 g/mol. The lowest BCUT2D eigenvalue weighted by molar-refractivity contribution is 0.180. The highest BCUT2D eigenvalue weighted by atomic mass is 19.1. The zero-order chi connectivity index (χ0) is 18.5. The van der Waals surface area contributed by atoms with Crippen molar-refractivity contribution < 1.29 is 4.39 Å². The second kappa shape index (κ2) is 8.46. The van der Waals surface area contributed by atoms with Crippen molar-refractivity contribution >= 4 is 0 Å². The Hall–Kier alpha value is -2.50. The van der Waals surface area contributed by atoms with Crippen LogP contribution in [-0.2, 0) is 13.1 Å². The van der Waals surface area contributed by atoms with Gasteiger partial charge in [-0.25, -0.2) is 9.37 Å². The summed E-state index contributed by atoms with van der Waals surface area (Å²) in [4.78, 5) is 6.78. The van der Waals surface area contributed by atoms with Crippen LogP contribution < -0.4 is 5.32 Å². The molecule has 1 fully saturated rings. The lowest BCUT2D eigenvalue weighted by Crippen LogP contribution is -2.45. The molecule has 3 heterocycles. The van der Waals surface area contributed by atoms with Crippen LogP contribution in [-0.4, -0.2) is 33.6 Å². The van der Waals surface area contributed by atoms with Crippen LogP contribution in [0.3, 0.4) is 0 Å². The maximum Gasteiger partial charge on any atom is 0.136 e. The van der Waals surface area contributed by atoms with Gasteiger partial charge in [0, 0.05) is 49.3 Å². The minimum atomic E-state index is -0.110. The van der Waals surface area contributed by atoms with E-state index in [0.717, 1.165) is 43.9 Å². The maximum atomic E-state index is 13.9. The van der Waals surface area contributed by atoms with E-state index >= 15 is 0 Å². The van der Waals surface area contributed by atoms with Crippen molar-refractivity contribution in [2.75, 3.05) is 13.1 Å². The Morgan fingerprint density at radius 1 is 1.07 bits per heavy atom. The molecule has 0 radical (unpaired) electrons. The summed E-state index contributed by atoms with van der Waals surface area (Å²) in [5, 5.41) is 3.68. The molecule has 4 rings (SSSR count). The van der Waals surface area contributed by atoms with E-state index in [1.54, 1.807) is 12.1 Å². The van der Waals surface area contributed by atoms with Gasteiger partial charge in [-0.05, 0) is 49.7 Å². The van der Waals surface area contributed by atoms with Gasteiger partial charge in [-0.1, -0.05) is 24.3 Å². The van der Waals surface area contributed by atoms with Crippen molar-refractivity contribution in [2.45, 2.75) is 32.0 Å². The maximum absolute atomic E-state index is 13.9. The molecule has 0 saturated carbocycles. The standard InChI is InChI=1S/C22H25FN4/c23-21-10-2-1-7-18(21)16-26-13-5-8-19(17-26)25-15-20-9-6-14-27(20)22-11-3-4-12-24-22/h1-4,6-7,9-12,14,19,25H,5,8,13,15-17H2. The molecule has 4 nitrogen and oxygen atoms in total. The zero-order valence-corrected chi connectivity index (χ0v) is 15.4. The van der Waals surface area contributed by atoms with E-state index in [2.05, 4.69) is 31.9 Å². The fourth-order valence-corrected chi connectivity index (χ4v) is 3.76. The summed E-state index contributed by atoms with van der Waals surface area (Å²) >= 11 is 0. The summed E-state index contributed by atoms with van der Waals surface area (Å²) in [6.45, 7) is 3.44. The number of rotatable bonds is 6. The Morgan fingerprint density at radius 2 is 1.96 bits per heavy atom. The SMILES string of the molecule is Fc1ccccc1CN1CCCC(NCc2cccn2-c2ccccn2)C1. The minimum absolute atomic E-state index is 0.110. The third-order valence-electron chi connectivity index (χ3n) is 5.16. The van der Waals surface area contributed by atoms with Gasteiger partial charge >= 0.3 is 0 Å². The first-order chi connectivity index (χ1) is 13.3. The van der Waals surface area contributed by atoms with E-state index in [1.807, 2.05) is 42.7 Å². The number of halogens is 1. The predicted octanol–water partition coefficient (Wildman–Crippen LogP) is 3.77. The number of hydrogen-bond acceptors (Lipinski definition) is 3. The molecule has 1 N–H and O–H groups in total. The zero-order valence-electron chi connectivity index (χ0n) is 15.4. The van der Waals surface area contributed by atoms with E-state index in [-0.39, 0.29) is 5.82 Å². The highest BCUT2D eigenvalue weighted by Gasteiger charge is 2.20. The van der Waals surface area contributed by atoms with Crippen LogP contribution in [0.2, 0.25) is 0 Å². The van der Waals surface area contributed by atoms with Gasteiger partial charge in [0.15, 0.2) is 0 Å². The molecular formula is C22H25FN4. The first kappa shape index (κ1) is 17.9. The van der Waals surface area contributed by atoms with Gasteiger partial charge < -0.3 is 9.88 Å². The molecule has 0 amide bonds. The summed E-state index contributed by atoms with van der Waals surface area (Å²) < 4.78 is 16.0. The minimum Gasteiger partial charge on any atom is -0.307 e. The number of hydrogen-bond donors (Lipinski definition) is 1. The van der Waals surface area contributed by atoms with Gasteiger partial charge in [-0.15, -0.1) is 0 Å². The first-order valence-electron chi connectivity index (χ1n) is 9.56. The van der Waals surface area contributed by atoms with Crippen LogP contribution in [0.25, 0.3) is 5.82 Å².